The molecule has 23 heavy (non-hydrogen) atoms. The minimum Gasteiger partial charge on any atom is -0.352 e. The number of nitro groups is 1. The Morgan fingerprint density at radius 1 is 1.17 bits per heavy atom. The number of rotatable bonds is 5. The van der Waals surface area contributed by atoms with Crippen molar-refractivity contribution in [2.75, 3.05) is 6.54 Å². The SMILES string of the molecule is O=C(CNC(=O)c1cccc([N+](=O)[O-])c1)NC1CCCCCC1. The lowest BCUT2D eigenvalue weighted by Crippen LogP contribution is -2.41. The zero-order valence-electron chi connectivity index (χ0n) is 12.9. The standard InChI is InChI=1S/C16H21N3O4/c20-15(18-13-7-3-1-2-4-8-13)11-17-16(21)12-6-5-9-14(10-12)19(22)23/h5-6,9-10,13H,1-4,7-8,11H2,(H,17,21)(H,18,20). The van der Waals surface area contributed by atoms with Gasteiger partial charge in [-0.05, 0) is 18.9 Å². The molecule has 1 aromatic rings. The average Bonchev–Trinajstić information content (AvgIpc) is 2.81. The first-order valence-corrected chi connectivity index (χ1v) is 7.88. The van der Waals surface area contributed by atoms with Crippen molar-refractivity contribution in [3.63, 3.8) is 0 Å². The van der Waals surface area contributed by atoms with Crippen molar-refractivity contribution < 1.29 is 14.5 Å². The zero-order valence-corrected chi connectivity index (χ0v) is 12.9. The summed E-state index contributed by atoms with van der Waals surface area (Å²) in [6, 6.07) is 5.61. The summed E-state index contributed by atoms with van der Waals surface area (Å²) < 4.78 is 0. The van der Waals surface area contributed by atoms with Crippen molar-refractivity contribution in [1.29, 1.82) is 0 Å². The third kappa shape index (κ3) is 5.36. The molecule has 1 saturated carbocycles. The monoisotopic (exact) mass is 319 g/mol. The van der Waals surface area contributed by atoms with E-state index in [0.29, 0.717) is 0 Å². The average molecular weight is 319 g/mol. The van der Waals surface area contributed by atoms with E-state index in [9.17, 15) is 19.7 Å². The topological polar surface area (TPSA) is 101 Å². The van der Waals surface area contributed by atoms with Crippen LogP contribution in [0.3, 0.4) is 0 Å². The predicted molar refractivity (Wildman–Crippen MR) is 85.1 cm³/mol. The lowest BCUT2D eigenvalue weighted by molar-refractivity contribution is -0.384. The molecule has 7 heteroatoms. The smallest absolute Gasteiger partial charge is 0.270 e. The second-order valence-electron chi connectivity index (χ2n) is 5.75. The van der Waals surface area contributed by atoms with Crippen LogP contribution in [0.5, 0.6) is 0 Å². The Balaban J connectivity index is 1.82. The number of nitrogens with zero attached hydrogens (tertiary/aromatic N) is 1. The van der Waals surface area contributed by atoms with Crippen molar-refractivity contribution in [1.82, 2.24) is 10.6 Å². The lowest BCUT2D eigenvalue weighted by Gasteiger charge is -2.16. The Labute approximate surface area is 134 Å². The Morgan fingerprint density at radius 2 is 1.87 bits per heavy atom. The molecule has 0 aromatic heterocycles. The highest BCUT2D eigenvalue weighted by molar-refractivity contribution is 5.96. The maximum absolute atomic E-state index is 12.0. The van der Waals surface area contributed by atoms with Gasteiger partial charge in [-0.3, -0.25) is 19.7 Å². The molecule has 2 rings (SSSR count). The summed E-state index contributed by atoms with van der Waals surface area (Å²) in [5.41, 5.74) is 0.0158. The van der Waals surface area contributed by atoms with Gasteiger partial charge in [0, 0.05) is 23.7 Å². The first-order chi connectivity index (χ1) is 11.1. The van der Waals surface area contributed by atoms with Crippen LogP contribution in [0, 0.1) is 10.1 Å². The summed E-state index contributed by atoms with van der Waals surface area (Å²) in [7, 11) is 0. The predicted octanol–water partition coefficient (Wildman–Crippen LogP) is 2.16. The number of non-ortho nitro benzene ring substituents is 1. The van der Waals surface area contributed by atoms with Gasteiger partial charge in [-0.15, -0.1) is 0 Å². The number of amides is 2. The fraction of sp³-hybridized carbons (Fsp3) is 0.500. The Kier molecular flexibility index (Phi) is 6.08. The summed E-state index contributed by atoms with van der Waals surface area (Å²) in [6.45, 7) is -0.127. The molecule has 124 valence electrons. The minimum absolute atomic E-state index is 0.127. The van der Waals surface area contributed by atoms with Gasteiger partial charge in [0.2, 0.25) is 5.91 Å². The van der Waals surface area contributed by atoms with Crippen molar-refractivity contribution in [2.45, 2.75) is 44.6 Å². The maximum atomic E-state index is 12.0. The molecular formula is C16H21N3O4. The number of benzene rings is 1. The second-order valence-corrected chi connectivity index (χ2v) is 5.75. The molecule has 2 amide bonds. The van der Waals surface area contributed by atoms with Crippen LogP contribution in [0.25, 0.3) is 0 Å². The first kappa shape index (κ1) is 16.9. The van der Waals surface area contributed by atoms with Gasteiger partial charge in [0.1, 0.15) is 0 Å². The molecule has 0 spiro atoms. The van der Waals surface area contributed by atoms with E-state index in [1.807, 2.05) is 0 Å². The summed E-state index contributed by atoms with van der Waals surface area (Å²) in [6.07, 6.45) is 6.59. The molecule has 1 aliphatic rings. The third-order valence-electron chi connectivity index (χ3n) is 3.95. The molecule has 0 atom stereocenters. The highest BCUT2D eigenvalue weighted by Crippen LogP contribution is 2.17. The van der Waals surface area contributed by atoms with Gasteiger partial charge in [-0.2, -0.15) is 0 Å². The van der Waals surface area contributed by atoms with Crippen LogP contribution in [0.15, 0.2) is 24.3 Å². The van der Waals surface area contributed by atoms with E-state index in [4.69, 9.17) is 0 Å². The largest absolute Gasteiger partial charge is 0.352 e. The number of nitrogens with one attached hydrogen (secondary N) is 2. The number of hydrogen-bond donors (Lipinski definition) is 2. The molecule has 0 heterocycles. The fourth-order valence-electron chi connectivity index (χ4n) is 2.73. The van der Waals surface area contributed by atoms with Crippen LogP contribution < -0.4 is 10.6 Å². The van der Waals surface area contributed by atoms with Crippen molar-refractivity contribution >= 4 is 17.5 Å². The maximum Gasteiger partial charge on any atom is 0.270 e. The molecule has 1 aliphatic carbocycles. The van der Waals surface area contributed by atoms with Crippen LogP contribution in [0.4, 0.5) is 5.69 Å². The van der Waals surface area contributed by atoms with E-state index in [1.54, 1.807) is 0 Å². The third-order valence-corrected chi connectivity index (χ3v) is 3.95. The van der Waals surface area contributed by atoms with Crippen LogP contribution >= 0.6 is 0 Å². The molecule has 0 bridgehead atoms. The van der Waals surface area contributed by atoms with E-state index < -0.39 is 10.8 Å². The molecule has 2 N–H and O–H groups in total. The van der Waals surface area contributed by atoms with E-state index in [2.05, 4.69) is 10.6 Å². The molecule has 7 nitrogen and oxygen atoms in total. The normalized spacial score (nSPS) is 15.5. The van der Waals surface area contributed by atoms with Gasteiger partial charge in [-0.25, -0.2) is 0 Å². The summed E-state index contributed by atoms with van der Waals surface area (Å²) in [5, 5.41) is 16.1. The van der Waals surface area contributed by atoms with Crippen molar-refractivity contribution in [3.05, 3.63) is 39.9 Å². The van der Waals surface area contributed by atoms with Gasteiger partial charge in [0.25, 0.3) is 11.6 Å². The van der Waals surface area contributed by atoms with Gasteiger partial charge in [-0.1, -0.05) is 31.7 Å². The number of carbonyl (C=O) groups excluding carboxylic acids is 2. The number of hydrogen-bond acceptors (Lipinski definition) is 4. The van der Waals surface area contributed by atoms with Crippen LogP contribution in [0.2, 0.25) is 0 Å². The molecule has 0 unspecified atom stereocenters. The second kappa shape index (κ2) is 8.26. The molecule has 0 radical (unpaired) electrons. The van der Waals surface area contributed by atoms with Gasteiger partial charge >= 0.3 is 0 Å². The van der Waals surface area contributed by atoms with Crippen LogP contribution in [-0.2, 0) is 4.79 Å². The molecule has 1 aromatic carbocycles. The van der Waals surface area contributed by atoms with E-state index in [1.165, 1.54) is 37.1 Å². The van der Waals surface area contributed by atoms with Crippen molar-refractivity contribution in [2.24, 2.45) is 0 Å². The minimum atomic E-state index is -0.560. The quantitative estimate of drug-likeness (QED) is 0.493. The fourth-order valence-corrected chi connectivity index (χ4v) is 2.73. The summed E-state index contributed by atoms with van der Waals surface area (Å²) in [5.74, 6) is -0.722. The zero-order chi connectivity index (χ0) is 16.7. The Morgan fingerprint density at radius 3 is 2.52 bits per heavy atom. The number of nitro benzene ring substituents is 1. The first-order valence-electron chi connectivity index (χ1n) is 7.88. The van der Waals surface area contributed by atoms with E-state index in [0.717, 1.165) is 25.7 Å². The molecule has 0 aliphatic heterocycles. The number of carbonyl (C=O) groups is 2. The molecular weight excluding hydrogens is 298 g/mol. The van der Waals surface area contributed by atoms with Gasteiger partial charge in [0.05, 0.1) is 11.5 Å². The van der Waals surface area contributed by atoms with E-state index in [-0.39, 0.29) is 29.7 Å². The van der Waals surface area contributed by atoms with Crippen LogP contribution in [-0.4, -0.2) is 29.3 Å². The summed E-state index contributed by atoms with van der Waals surface area (Å²) in [4.78, 5) is 34.0. The van der Waals surface area contributed by atoms with Crippen LogP contribution in [0.1, 0.15) is 48.9 Å². The highest BCUT2D eigenvalue weighted by atomic mass is 16.6. The lowest BCUT2D eigenvalue weighted by atomic mass is 10.1. The van der Waals surface area contributed by atoms with Crippen molar-refractivity contribution in [3.8, 4) is 0 Å². The Hall–Kier alpha value is -2.44. The molecule has 0 saturated heterocycles. The van der Waals surface area contributed by atoms with E-state index >= 15 is 0 Å². The molecule has 1 fully saturated rings. The van der Waals surface area contributed by atoms with Gasteiger partial charge in [0.15, 0.2) is 0 Å². The Bertz CT molecular complexity index is 580. The van der Waals surface area contributed by atoms with Gasteiger partial charge < -0.3 is 10.6 Å². The summed E-state index contributed by atoms with van der Waals surface area (Å²) >= 11 is 0. The highest BCUT2D eigenvalue weighted by Gasteiger charge is 2.16.